The SMILES string of the molecule is CO[C@@H]1C=C[C@@]23c4cc5c(cc4[C@@H](O)N(C[C@@H]2O)[C@H]3C1)OCO5. The van der Waals surface area contributed by atoms with Crippen molar-refractivity contribution in [1.82, 2.24) is 4.90 Å². The molecule has 0 aromatic heterocycles. The Morgan fingerprint density at radius 1 is 1.26 bits per heavy atom. The number of hydrogen-bond donors (Lipinski definition) is 2. The Kier molecular flexibility index (Phi) is 2.69. The van der Waals surface area contributed by atoms with Gasteiger partial charge in [-0.2, -0.15) is 0 Å². The minimum absolute atomic E-state index is 0.00341. The molecule has 0 amide bonds. The van der Waals surface area contributed by atoms with E-state index < -0.39 is 17.7 Å². The van der Waals surface area contributed by atoms with Crippen molar-refractivity contribution < 1.29 is 24.4 Å². The number of ether oxygens (including phenoxy) is 3. The summed E-state index contributed by atoms with van der Waals surface area (Å²) in [6, 6.07) is 3.79. The number of methoxy groups -OCH3 is 1. The Morgan fingerprint density at radius 2 is 2.04 bits per heavy atom. The monoisotopic (exact) mass is 317 g/mol. The summed E-state index contributed by atoms with van der Waals surface area (Å²) in [5.74, 6) is 1.33. The van der Waals surface area contributed by atoms with Gasteiger partial charge in [-0.25, -0.2) is 0 Å². The standard InChI is InChI=1S/C17H19NO5/c1-21-9-2-3-17-11-6-13-12(22-8-23-13)5-10(11)16(20)18(7-15(17)19)14(17)4-9/h2-3,5-6,9,14-16,19-20H,4,7-8H2,1H3/t9-,14+,15+,16-,17+/m1/s1. The zero-order chi connectivity index (χ0) is 15.8. The molecule has 6 atom stereocenters. The maximum absolute atomic E-state index is 10.8. The van der Waals surface area contributed by atoms with Crippen LogP contribution in [-0.2, 0) is 10.2 Å². The molecule has 0 spiro atoms. The highest BCUT2D eigenvalue weighted by Gasteiger charge is 2.61. The van der Waals surface area contributed by atoms with Gasteiger partial charge in [-0.1, -0.05) is 12.2 Å². The molecule has 0 radical (unpaired) electrons. The Hall–Kier alpha value is -1.60. The lowest BCUT2D eigenvalue weighted by Gasteiger charge is -2.48. The second-order valence-corrected chi connectivity index (χ2v) is 6.70. The summed E-state index contributed by atoms with van der Waals surface area (Å²) in [6.07, 6.45) is 3.51. The molecule has 122 valence electrons. The maximum atomic E-state index is 10.8. The first-order valence-electron chi connectivity index (χ1n) is 7.93. The topological polar surface area (TPSA) is 71.4 Å². The lowest BCUT2D eigenvalue weighted by Crippen LogP contribution is -2.53. The second-order valence-electron chi connectivity index (χ2n) is 6.70. The summed E-state index contributed by atoms with van der Waals surface area (Å²) in [7, 11) is 1.69. The predicted octanol–water partition coefficient (Wildman–Crippen LogP) is 0.678. The smallest absolute Gasteiger partial charge is 0.231 e. The normalized spacial score (nSPS) is 42.5. The maximum Gasteiger partial charge on any atom is 0.231 e. The molecule has 4 aliphatic rings. The summed E-state index contributed by atoms with van der Waals surface area (Å²) in [5, 5.41) is 21.7. The van der Waals surface area contributed by atoms with Gasteiger partial charge in [0.1, 0.15) is 6.23 Å². The van der Waals surface area contributed by atoms with Gasteiger partial charge < -0.3 is 24.4 Å². The minimum atomic E-state index is -0.751. The second kappa shape index (κ2) is 4.48. The van der Waals surface area contributed by atoms with Crippen LogP contribution in [0.1, 0.15) is 23.8 Å². The van der Waals surface area contributed by atoms with Crippen LogP contribution in [0.3, 0.4) is 0 Å². The highest BCUT2D eigenvalue weighted by molar-refractivity contribution is 5.57. The Morgan fingerprint density at radius 3 is 2.83 bits per heavy atom. The van der Waals surface area contributed by atoms with Crippen LogP contribution in [0.15, 0.2) is 24.3 Å². The zero-order valence-electron chi connectivity index (χ0n) is 12.8. The van der Waals surface area contributed by atoms with Crippen molar-refractivity contribution in [2.45, 2.75) is 36.3 Å². The van der Waals surface area contributed by atoms with Gasteiger partial charge in [-0.05, 0) is 24.1 Å². The predicted molar refractivity (Wildman–Crippen MR) is 80.3 cm³/mol. The molecule has 3 heterocycles. The quantitative estimate of drug-likeness (QED) is 0.742. The van der Waals surface area contributed by atoms with Crippen molar-refractivity contribution in [1.29, 1.82) is 0 Å². The molecule has 5 rings (SSSR count). The molecule has 1 aromatic rings. The number of hydrogen-bond acceptors (Lipinski definition) is 6. The number of fused-ring (bicyclic) bond motifs is 2. The first kappa shape index (κ1) is 13.8. The summed E-state index contributed by atoms with van der Waals surface area (Å²) >= 11 is 0. The fraction of sp³-hybridized carbons (Fsp3) is 0.529. The molecule has 2 N–H and O–H groups in total. The largest absolute Gasteiger partial charge is 0.454 e. The first-order chi connectivity index (χ1) is 11.1. The molecule has 3 aliphatic heterocycles. The molecular weight excluding hydrogens is 298 g/mol. The van der Waals surface area contributed by atoms with E-state index in [0.29, 0.717) is 18.0 Å². The number of aliphatic hydroxyl groups excluding tert-OH is 2. The van der Waals surface area contributed by atoms with E-state index in [1.54, 1.807) is 7.11 Å². The number of rotatable bonds is 1. The van der Waals surface area contributed by atoms with E-state index in [1.165, 1.54) is 0 Å². The van der Waals surface area contributed by atoms with Gasteiger partial charge >= 0.3 is 0 Å². The van der Waals surface area contributed by atoms with Crippen molar-refractivity contribution in [3.63, 3.8) is 0 Å². The number of benzene rings is 1. The summed E-state index contributed by atoms with van der Waals surface area (Å²) < 4.78 is 16.4. The summed E-state index contributed by atoms with van der Waals surface area (Å²) in [4.78, 5) is 1.98. The van der Waals surface area contributed by atoms with Crippen LogP contribution in [0, 0.1) is 0 Å². The molecule has 2 bridgehead atoms. The van der Waals surface area contributed by atoms with E-state index in [-0.39, 0.29) is 18.9 Å². The molecular formula is C17H19NO5. The number of nitrogens with zero attached hydrogens (tertiary/aromatic N) is 1. The van der Waals surface area contributed by atoms with Gasteiger partial charge in [-0.3, -0.25) is 4.90 Å². The van der Waals surface area contributed by atoms with Gasteiger partial charge in [0.25, 0.3) is 0 Å². The molecule has 1 unspecified atom stereocenters. The fourth-order valence-electron chi connectivity index (χ4n) is 4.71. The zero-order valence-corrected chi connectivity index (χ0v) is 12.8. The fourth-order valence-corrected chi connectivity index (χ4v) is 4.71. The van der Waals surface area contributed by atoms with E-state index in [9.17, 15) is 10.2 Å². The van der Waals surface area contributed by atoms with Crippen LogP contribution >= 0.6 is 0 Å². The molecule has 1 aliphatic carbocycles. The average molecular weight is 317 g/mol. The third-order valence-corrected chi connectivity index (χ3v) is 5.84. The van der Waals surface area contributed by atoms with Gasteiger partial charge in [0.15, 0.2) is 11.5 Å². The van der Waals surface area contributed by atoms with Crippen molar-refractivity contribution in [3.8, 4) is 11.5 Å². The van der Waals surface area contributed by atoms with Crippen LogP contribution in [0.25, 0.3) is 0 Å². The lowest BCUT2D eigenvalue weighted by atomic mass is 9.65. The highest BCUT2D eigenvalue weighted by atomic mass is 16.7. The average Bonchev–Trinajstić information content (AvgIpc) is 3.12. The van der Waals surface area contributed by atoms with Gasteiger partial charge in [-0.15, -0.1) is 0 Å². The lowest BCUT2D eigenvalue weighted by molar-refractivity contribution is -0.0399. The van der Waals surface area contributed by atoms with Crippen molar-refractivity contribution in [3.05, 3.63) is 35.4 Å². The van der Waals surface area contributed by atoms with E-state index in [4.69, 9.17) is 14.2 Å². The molecule has 1 fully saturated rings. The molecule has 1 aromatic carbocycles. The van der Waals surface area contributed by atoms with E-state index in [2.05, 4.69) is 6.08 Å². The molecule has 23 heavy (non-hydrogen) atoms. The van der Waals surface area contributed by atoms with E-state index in [1.807, 2.05) is 23.1 Å². The van der Waals surface area contributed by atoms with Crippen molar-refractivity contribution in [2.75, 3.05) is 20.4 Å². The van der Waals surface area contributed by atoms with Gasteiger partial charge in [0.2, 0.25) is 6.79 Å². The summed E-state index contributed by atoms with van der Waals surface area (Å²) in [6.45, 7) is 0.631. The van der Waals surface area contributed by atoms with Crippen molar-refractivity contribution in [2.24, 2.45) is 0 Å². The van der Waals surface area contributed by atoms with Crippen LogP contribution < -0.4 is 9.47 Å². The first-order valence-corrected chi connectivity index (χ1v) is 7.93. The van der Waals surface area contributed by atoms with Crippen LogP contribution in [-0.4, -0.2) is 53.8 Å². The molecule has 6 nitrogen and oxygen atoms in total. The van der Waals surface area contributed by atoms with Crippen LogP contribution in [0.2, 0.25) is 0 Å². The highest BCUT2D eigenvalue weighted by Crippen LogP contribution is 2.56. The van der Waals surface area contributed by atoms with E-state index in [0.717, 1.165) is 17.5 Å². The van der Waals surface area contributed by atoms with Crippen molar-refractivity contribution >= 4 is 0 Å². The molecule has 0 saturated carbocycles. The minimum Gasteiger partial charge on any atom is -0.454 e. The Bertz CT molecular complexity index is 704. The Labute approximate surface area is 133 Å². The molecule has 6 heteroatoms. The van der Waals surface area contributed by atoms with Gasteiger partial charge in [0.05, 0.1) is 17.6 Å². The van der Waals surface area contributed by atoms with Gasteiger partial charge in [0, 0.05) is 25.3 Å². The van der Waals surface area contributed by atoms with Crippen LogP contribution in [0.5, 0.6) is 11.5 Å². The third-order valence-electron chi connectivity index (χ3n) is 5.84. The third kappa shape index (κ3) is 1.57. The summed E-state index contributed by atoms with van der Waals surface area (Å²) in [5.41, 5.74) is 1.21. The number of aliphatic hydroxyl groups is 2. The van der Waals surface area contributed by atoms with E-state index >= 15 is 0 Å². The Balaban J connectivity index is 1.75. The van der Waals surface area contributed by atoms with Crippen LogP contribution in [0.4, 0.5) is 0 Å². The molecule has 1 saturated heterocycles.